The van der Waals surface area contributed by atoms with Crippen LogP contribution in [0, 0.1) is 22.7 Å². The Bertz CT molecular complexity index is 1270. The Hall–Kier alpha value is -4.07. The van der Waals surface area contributed by atoms with Crippen LogP contribution in [-0.2, 0) is 6.61 Å². The van der Waals surface area contributed by atoms with Crippen LogP contribution in [0.1, 0.15) is 32.6 Å². The van der Waals surface area contributed by atoms with E-state index in [1.165, 1.54) is 19.2 Å². The lowest BCUT2D eigenvalue weighted by Gasteiger charge is -2.14. The Balaban J connectivity index is 1.90. The van der Waals surface area contributed by atoms with Crippen LogP contribution >= 0.6 is 15.9 Å². The minimum Gasteiger partial charge on any atom is -0.493 e. The number of rotatable bonds is 7. The zero-order valence-corrected chi connectivity index (χ0v) is 18.6. The molecule has 0 aliphatic carbocycles. The van der Waals surface area contributed by atoms with Crippen LogP contribution in [0.2, 0.25) is 0 Å². The number of carboxylic acid groups (broad SMARTS) is 1. The number of nitrogens with zero attached hydrogens (tertiary/aromatic N) is 2. The van der Waals surface area contributed by atoms with Crippen molar-refractivity contribution in [1.29, 1.82) is 10.5 Å². The predicted octanol–water partition coefficient (Wildman–Crippen LogP) is 5.67. The summed E-state index contributed by atoms with van der Waals surface area (Å²) >= 11 is 3.49. The highest BCUT2D eigenvalue weighted by Crippen LogP contribution is 2.38. The van der Waals surface area contributed by atoms with E-state index in [0.29, 0.717) is 38.2 Å². The van der Waals surface area contributed by atoms with Gasteiger partial charge in [0.25, 0.3) is 0 Å². The summed E-state index contributed by atoms with van der Waals surface area (Å²) < 4.78 is 12.0. The zero-order chi connectivity index (χ0) is 23.1. The molecule has 7 heteroatoms. The average molecular weight is 489 g/mol. The quantitative estimate of drug-likeness (QED) is 0.339. The van der Waals surface area contributed by atoms with Gasteiger partial charge in [0.05, 0.1) is 40.4 Å². The molecule has 0 heterocycles. The van der Waals surface area contributed by atoms with Crippen molar-refractivity contribution in [2.24, 2.45) is 0 Å². The number of nitriles is 2. The number of benzene rings is 3. The monoisotopic (exact) mass is 488 g/mol. The lowest BCUT2D eigenvalue weighted by Crippen LogP contribution is -2.01. The van der Waals surface area contributed by atoms with Gasteiger partial charge in [0.2, 0.25) is 0 Å². The molecule has 0 amide bonds. The van der Waals surface area contributed by atoms with Crippen molar-refractivity contribution in [2.75, 3.05) is 7.11 Å². The van der Waals surface area contributed by atoms with E-state index in [2.05, 4.69) is 28.1 Å². The maximum atomic E-state index is 11.0. The molecule has 0 saturated carbocycles. The van der Waals surface area contributed by atoms with Gasteiger partial charge in [-0.3, -0.25) is 0 Å². The van der Waals surface area contributed by atoms with Crippen molar-refractivity contribution in [3.63, 3.8) is 0 Å². The van der Waals surface area contributed by atoms with Gasteiger partial charge in [-0.1, -0.05) is 30.3 Å². The van der Waals surface area contributed by atoms with Gasteiger partial charge in [-0.05, 0) is 63.5 Å². The topological polar surface area (TPSA) is 103 Å². The van der Waals surface area contributed by atoms with E-state index >= 15 is 0 Å². The number of halogens is 1. The molecule has 0 atom stereocenters. The smallest absolute Gasteiger partial charge is 0.335 e. The first-order chi connectivity index (χ1) is 15.5. The number of hydrogen-bond acceptors (Lipinski definition) is 5. The van der Waals surface area contributed by atoms with E-state index in [-0.39, 0.29) is 12.2 Å². The summed E-state index contributed by atoms with van der Waals surface area (Å²) in [5.41, 5.74) is 3.10. The first-order valence-corrected chi connectivity index (χ1v) is 10.2. The summed E-state index contributed by atoms with van der Waals surface area (Å²) in [5, 5.41) is 27.9. The first-order valence-electron chi connectivity index (χ1n) is 9.40. The minimum absolute atomic E-state index is 0.148. The second-order valence-corrected chi connectivity index (χ2v) is 7.50. The normalized spacial score (nSPS) is 10.7. The van der Waals surface area contributed by atoms with Gasteiger partial charge in [0.1, 0.15) is 6.61 Å². The largest absolute Gasteiger partial charge is 0.493 e. The number of hydrogen-bond donors (Lipinski definition) is 1. The van der Waals surface area contributed by atoms with Gasteiger partial charge in [-0.2, -0.15) is 10.5 Å². The van der Waals surface area contributed by atoms with Crippen molar-refractivity contribution in [3.8, 4) is 23.6 Å². The summed E-state index contributed by atoms with van der Waals surface area (Å²) in [6.45, 7) is 0.188. The van der Waals surface area contributed by atoms with E-state index in [1.807, 2.05) is 12.1 Å². The lowest BCUT2D eigenvalue weighted by atomic mass is 10.0. The third-order valence-corrected chi connectivity index (χ3v) is 5.22. The summed E-state index contributed by atoms with van der Waals surface area (Å²) in [5.74, 6) is -0.0963. The summed E-state index contributed by atoms with van der Waals surface area (Å²) in [4.78, 5) is 11.0. The van der Waals surface area contributed by atoms with Crippen molar-refractivity contribution in [3.05, 3.63) is 93.0 Å². The molecule has 0 aliphatic rings. The number of allylic oxidation sites excluding steroid dienone is 1. The number of carboxylic acids is 1. The number of methoxy groups -OCH3 is 1. The number of carbonyl (C=O) groups is 1. The van der Waals surface area contributed by atoms with Crippen LogP contribution in [0.15, 0.2) is 65.1 Å². The van der Waals surface area contributed by atoms with E-state index in [0.717, 1.165) is 5.56 Å². The van der Waals surface area contributed by atoms with E-state index in [1.54, 1.807) is 42.5 Å². The fourth-order valence-corrected chi connectivity index (χ4v) is 3.58. The summed E-state index contributed by atoms with van der Waals surface area (Å²) in [7, 11) is 1.52. The molecule has 3 aromatic carbocycles. The van der Waals surface area contributed by atoms with Crippen LogP contribution < -0.4 is 9.47 Å². The highest BCUT2D eigenvalue weighted by Gasteiger charge is 2.13. The molecular formula is C25H17BrN2O4. The van der Waals surface area contributed by atoms with Crippen molar-refractivity contribution < 1.29 is 19.4 Å². The number of aromatic carboxylic acids is 1. The third-order valence-electron chi connectivity index (χ3n) is 4.64. The van der Waals surface area contributed by atoms with E-state index in [9.17, 15) is 15.3 Å². The first kappa shape index (κ1) is 22.6. The average Bonchev–Trinajstić information content (AvgIpc) is 2.81. The Kier molecular flexibility index (Phi) is 7.28. The van der Waals surface area contributed by atoms with Crippen molar-refractivity contribution in [2.45, 2.75) is 6.61 Å². The van der Waals surface area contributed by atoms with Gasteiger partial charge >= 0.3 is 5.97 Å². The second-order valence-electron chi connectivity index (χ2n) is 6.64. The van der Waals surface area contributed by atoms with Gasteiger partial charge in [0, 0.05) is 5.56 Å². The predicted molar refractivity (Wildman–Crippen MR) is 123 cm³/mol. The van der Waals surface area contributed by atoms with Crippen LogP contribution in [0.4, 0.5) is 0 Å². The summed E-state index contributed by atoms with van der Waals surface area (Å²) in [6.07, 6.45) is 1.68. The van der Waals surface area contributed by atoms with E-state index < -0.39 is 5.97 Å². The summed E-state index contributed by atoms with van der Waals surface area (Å²) in [6, 6.07) is 21.1. The third kappa shape index (κ3) is 5.15. The molecule has 32 heavy (non-hydrogen) atoms. The van der Waals surface area contributed by atoms with Crippen LogP contribution in [0.25, 0.3) is 11.6 Å². The van der Waals surface area contributed by atoms with Gasteiger partial charge < -0.3 is 14.6 Å². The maximum Gasteiger partial charge on any atom is 0.335 e. The Morgan fingerprint density at radius 2 is 1.78 bits per heavy atom. The molecule has 6 nitrogen and oxygen atoms in total. The van der Waals surface area contributed by atoms with Crippen LogP contribution in [-0.4, -0.2) is 18.2 Å². The molecule has 3 aromatic rings. The molecular weight excluding hydrogens is 472 g/mol. The highest BCUT2D eigenvalue weighted by molar-refractivity contribution is 9.10. The van der Waals surface area contributed by atoms with Gasteiger partial charge in [0.15, 0.2) is 11.5 Å². The molecule has 0 unspecified atom stereocenters. The Morgan fingerprint density at radius 1 is 1.09 bits per heavy atom. The molecule has 0 aliphatic heterocycles. The van der Waals surface area contributed by atoms with Crippen LogP contribution in [0.5, 0.6) is 11.5 Å². The molecule has 0 radical (unpaired) electrons. The maximum absolute atomic E-state index is 11.0. The standard InChI is InChI=1S/C25H17BrN2O4/c1-31-23-12-16(10-21(14-28)17-6-8-18(9-7-17)25(29)30)11-22(26)24(23)32-15-20-5-3-2-4-19(20)13-27/h2-12H,15H2,1H3,(H,29,30)/b21-10-. The molecule has 3 rings (SSSR count). The molecule has 0 fully saturated rings. The molecule has 1 N–H and O–H groups in total. The molecule has 158 valence electrons. The minimum atomic E-state index is -1.03. The lowest BCUT2D eigenvalue weighted by molar-refractivity contribution is 0.0697. The zero-order valence-electron chi connectivity index (χ0n) is 17.0. The highest BCUT2D eigenvalue weighted by atomic mass is 79.9. The second kappa shape index (κ2) is 10.3. The molecule has 0 spiro atoms. The molecule has 0 saturated heterocycles. The van der Waals surface area contributed by atoms with Crippen LogP contribution in [0.3, 0.4) is 0 Å². The fraction of sp³-hybridized carbons (Fsp3) is 0.0800. The van der Waals surface area contributed by atoms with Crippen molar-refractivity contribution in [1.82, 2.24) is 0 Å². The van der Waals surface area contributed by atoms with Gasteiger partial charge in [-0.15, -0.1) is 0 Å². The Morgan fingerprint density at radius 3 is 2.41 bits per heavy atom. The SMILES string of the molecule is COc1cc(/C=C(/C#N)c2ccc(C(=O)O)cc2)cc(Br)c1OCc1ccccc1C#N. The van der Waals surface area contributed by atoms with E-state index in [4.69, 9.17) is 14.6 Å². The fourth-order valence-electron chi connectivity index (χ4n) is 3.01. The Labute approximate surface area is 193 Å². The van der Waals surface area contributed by atoms with Gasteiger partial charge in [-0.25, -0.2) is 4.79 Å². The van der Waals surface area contributed by atoms with Crippen molar-refractivity contribution >= 4 is 33.5 Å². The number of ether oxygens (including phenoxy) is 2. The molecule has 0 bridgehead atoms. The molecule has 0 aromatic heterocycles.